The van der Waals surface area contributed by atoms with Gasteiger partial charge in [0.15, 0.2) is 0 Å². The van der Waals surface area contributed by atoms with Crippen molar-refractivity contribution in [2.45, 2.75) is 31.0 Å². The van der Waals surface area contributed by atoms with E-state index in [-0.39, 0.29) is 5.31 Å². The van der Waals surface area contributed by atoms with Gasteiger partial charge in [-0.2, -0.15) is 0 Å². The van der Waals surface area contributed by atoms with Gasteiger partial charge in [0.2, 0.25) is 0 Å². The van der Waals surface area contributed by atoms with Crippen LogP contribution in [0, 0.1) is 0 Å². The van der Waals surface area contributed by atoms with Crippen LogP contribution in [-0.2, 0) is 5.31 Å². The lowest BCUT2D eigenvalue weighted by Gasteiger charge is -2.24. The molecule has 2 heterocycles. The second-order valence-corrected chi connectivity index (χ2v) is 8.24. The van der Waals surface area contributed by atoms with Gasteiger partial charge < -0.3 is 4.42 Å². The molecule has 1 aliphatic carbocycles. The fourth-order valence-electron chi connectivity index (χ4n) is 4.87. The first-order valence-corrected chi connectivity index (χ1v) is 10.3. The van der Waals surface area contributed by atoms with Crippen molar-refractivity contribution >= 4 is 40.6 Å². The predicted molar refractivity (Wildman–Crippen MR) is 120 cm³/mol. The van der Waals surface area contributed by atoms with E-state index in [9.17, 15) is 0 Å². The minimum Gasteiger partial charge on any atom is -0.455 e. The first-order chi connectivity index (χ1) is 14.2. The van der Waals surface area contributed by atoms with Gasteiger partial charge in [-0.15, -0.1) is 0 Å². The zero-order valence-electron chi connectivity index (χ0n) is 16.2. The normalized spacial score (nSPS) is 16.1. The highest BCUT2D eigenvalue weighted by molar-refractivity contribution is 6.17. The van der Waals surface area contributed by atoms with Crippen molar-refractivity contribution in [2.75, 3.05) is 0 Å². The molecule has 29 heavy (non-hydrogen) atoms. The number of hydrogen-bond acceptors (Lipinski definition) is 2. The first kappa shape index (κ1) is 16.9. The Morgan fingerprint density at radius 3 is 2.38 bits per heavy atom. The molecule has 0 amide bonds. The summed E-state index contributed by atoms with van der Waals surface area (Å²) in [5.41, 5.74) is 4.91. The summed E-state index contributed by atoms with van der Waals surface area (Å²) in [6.07, 6.45) is 6.44. The minimum absolute atomic E-state index is 0.212. The summed E-state index contributed by atoms with van der Waals surface area (Å²) >= 11 is 0. The van der Waals surface area contributed by atoms with E-state index in [0.29, 0.717) is 0 Å². The Labute approximate surface area is 171 Å². The summed E-state index contributed by atoms with van der Waals surface area (Å²) in [5.74, 6) is 0. The molecule has 1 fully saturated rings. The largest absolute Gasteiger partial charge is 0.455 e. The number of fused-ring (bicyclic) bond motifs is 5. The second kappa shape index (κ2) is 6.22. The molecule has 5 aromatic rings. The molecule has 1 aliphatic rings. The molecule has 2 nitrogen and oxygen atoms in total. The summed E-state index contributed by atoms with van der Waals surface area (Å²) in [4.78, 5) is 4.78. The zero-order chi connectivity index (χ0) is 19.4. The van der Waals surface area contributed by atoms with Gasteiger partial charge in [-0.05, 0) is 34.5 Å². The van der Waals surface area contributed by atoms with Gasteiger partial charge in [0.1, 0.15) is 11.2 Å². The predicted octanol–water partition coefficient (Wildman–Crippen LogP) is 6.74. The van der Waals surface area contributed by atoms with Crippen LogP contribution in [0.3, 0.4) is 0 Å². The van der Waals surface area contributed by atoms with Gasteiger partial charge in [0.25, 0.3) is 0 Å². The van der Waals surface area contributed by atoms with E-state index in [0.717, 1.165) is 57.0 Å². The van der Waals surface area contributed by atoms with Crippen molar-refractivity contribution in [2.24, 2.45) is 0 Å². The molecule has 6 rings (SSSR count). The summed E-state index contributed by atoms with van der Waals surface area (Å²) in [7, 11) is 6.60. The lowest BCUT2D eigenvalue weighted by molar-refractivity contribution is 0.633. The average Bonchev–Trinajstić information content (AvgIpc) is 3.38. The lowest BCUT2D eigenvalue weighted by atomic mass is 9.63. The highest BCUT2D eigenvalue weighted by Crippen LogP contribution is 2.40. The van der Waals surface area contributed by atoms with E-state index in [4.69, 9.17) is 17.2 Å². The van der Waals surface area contributed by atoms with Gasteiger partial charge in [0, 0.05) is 27.9 Å². The van der Waals surface area contributed by atoms with Crippen LogP contribution in [0.5, 0.6) is 0 Å². The molecule has 2 aromatic heterocycles. The highest BCUT2D eigenvalue weighted by Gasteiger charge is 2.30. The smallest absolute Gasteiger partial charge is 0.144 e. The number of benzene rings is 3. The number of pyridine rings is 1. The fourth-order valence-corrected chi connectivity index (χ4v) is 4.87. The third-order valence-electron chi connectivity index (χ3n) is 6.50. The quantitative estimate of drug-likeness (QED) is 0.320. The SMILES string of the molecule is [B]C1(c2ccc(-c3cccc4c3oc3c5ccccc5ccc43)nc2)CCCC1. The van der Waals surface area contributed by atoms with Crippen molar-refractivity contribution in [3.05, 3.63) is 78.5 Å². The van der Waals surface area contributed by atoms with Crippen molar-refractivity contribution in [3.8, 4) is 11.3 Å². The van der Waals surface area contributed by atoms with E-state index in [1.54, 1.807) is 0 Å². The highest BCUT2D eigenvalue weighted by atomic mass is 16.3. The Morgan fingerprint density at radius 1 is 0.759 bits per heavy atom. The molecule has 3 aromatic carbocycles. The zero-order valence-corrected chi connectivity index (χ0v) is 16.2. The molecular weight excluding hydrogens is 353 g/mol. The molecule has 3 heteroatoms. The van der Waals surface area contributed by atoms with Crippen LogP contribution < -0.4 is 0 Å². The van der Waals surface area contributed by atoms with Crippen molar-refractivity contribution in [1.82, 2.24) is 4.98 Å². The van der Waals surface area contributed by atoms with Crippen molar-refractivity contribution < 1.29 is 4.42 Å². The van der Waals surface area contributed by atoms with Crippen molar-refractivity contribution in [1.29, 1.82) is 0 Å². The minimum atomic E-state index is -0.212. The van der Waals surface area contributed by atoms with E-state index in [1.807, 2.05) is 6.20 Å². The molecule has 0 saturated heterocycles. The number of rotatable bonds is 2. The maximum absolute atomic E-state index is 6.60. The molecule has 1 saturated carbocycles. The van der Waals surface area contributed by atoms with Crippen LogP contribution in [0.15, 0.2) is 77.3 Å². The monoisotopic (exact) mass is 373 g/mol. The molecule has 138 valence electrons. The molecule has 2 radical (unpaired) electrons. The summed E-state index contributed by atoms with van der Waals surface area (Å²) in [5, 5.41) is 4.38. The number of para-hydroxylation sites is 1. The van der Waals surface area contributed by atoms with Crippen LogP contribution in [0.1, 0.15) is 31.2 Å². The number of aromatic nitrogens is 1. The fraction of sp³-hybridized carbons (Fsp3) is 0.192. The second-order valence-electron chi connectivity index (χ2n) is 8.24. The molecule has 0 spiro atoms. The summed E-state index contributed by atoms with van der Waals surface area (Å²) < 4.78 is 6.44. The molecule has 0 N–H and O–H groups in total. The summed E-state index contributed by atoms with van der Waals surface area (Å²) in [6.45, 7) is 0. The number of furan rings is 1. The Hall–Kier alpha value is -3.07. The number of hydrogen-bond donors (Lipinski definition) is 0. The molecular formula is C26H20BNO. The van der Waals surface area contributed by atoms with E-state index in [1.165, 1.54) is 18.2 Å². The Kier molecular flexibility index (Phi) is 3.61. The topological polar surface area (TPSA) is 26.0 Å². The van der Waals surface area contributed by atoms with E-state index >= 15 is 0 Å². The maximum Gasteiger partial charge on any atom is 0.144 e. The third kappa shape index (κ3) is 2.53. The molecule has 0 bridgehead atoms. The van der Waals surface area contributed by atoms with Crippen LogP contribution in [0.2, 0.25) is 0 Å². The van der Waals surface area contributed by atoms with Crippen LogP contribution in [0.4, 0.5) is 0 Å². The standard InChI is InChI=1S/C26H20BNO/c27-26(14-3-4-15-26)18-11-13-23(28-16-18)22-9-5-8-20-21-12-10-17-6-1-2-7-19(17)24(21)29-25(20)22/h1-2,5-13,16H,3-4,14-15H2. The lowest BCUT2D eigenvalue weighted by Crippen LogP contribution is -2.22. The van der Waals surface area contributed by atoms with Crippen molar-refractivity contribution in [3.63, 3.8) is 0 Å². The van der Waals surface area contributed by atoms with E-state index in [2.05, 4.69) is 66.7 Å². The number of nitrogens with zero attached hydrogens (tertiary/aromatic N) is 1. The Balaban J connectivity index is 1.53. The molecule has 0 unspecified atom stereocenters. The van der Waals surface area contributed by atoms with Gasteiger partial charge in [-0.1, -0.05) is 74.2 Å². The molecule has 0 atom stereocenters. The van der Waals surface area contributed by atoms with Crippen LogP contribution in [-0.4, -0.2) is 12.8 Å². The van der Waals surface area contributed by atoms with Gasteiger partial charge in [-0.25, -0.2) is 0 Å². The van der Waals surface area contributed by atoms with Gasteiger partial charge in [-0.3, -0.25) is 4.98 Å². The van der Waals surface area contributed by atoms with Crippen LogP contribution >= 0.6 is 0 Å². The maximum atomic E-state index is 6.60. The van der Waals surface area contributed by atoms with Gasteiger partial charge >= 0.3 is 0 Å². The summed E-state index contributed by atoms with van der Waals surface area (Å²) in [6, 6.07) is 23.2. The Morgan fingerprint density at radius 2 is 1.55 bits per heavy atom. The van der Waals surface area contributed by atoms with Gasteiger partial charge in [0.05, 0.1) is 13.5 Å². The third-order valence-corrected chi connectivity index (χ3v) is 6.50. The first-order valence-electron chi connectivity index (χ1n) is 10.3. The molecule has 0 aliphatic heterocycles. The van der Waals surface area contributed by atoms with E-state index < -0.39 is 0 Å². The van der Waals surface area contributed by atoms with Crippen LogP contribution in [0.25, 0.3) is 44.0 Å². The Bertz CT molecular complexity index is 1360. The average molecular weight is 373 g/mol.